The molecular weight excluding hydrogens is 546 g/mol. The highest BCUT2D eigenvalue weighted by molar-refractivity contribution is 7.92. The minimum absolute atomic E-state index is 0.137. The summed E-state index contributed by atoms with van der Waals surface area (Å²) < 4.78 is 27.0. The Balaban J connectivity index is 2.06. The number of hydrogen-bond acceptors (Lipinski definition) is 4. The monoisotopic (exact) mass is 583 g/mol. The fourth-order valence-corrected chi connectivity index (χ4v) is 5.38. The molecule has 0 aliphatic heterocycles. The van der Waals surface area contributed by atoms with Crippen LogP contribution in [0.3, 0.4) is 0 Å². The molecule has 0 saturated carbocycles. The number of aryl methyl sites for hydroxylation is 2. The molecule has 0 aliphatic rings. The number of anilines is 1. The molecule has 40 heavy (non-hydrogen) atoms. The van der Waals surface area contributed by atoms with Crippen molar-refractivity contribution in [2.45, 2.75) is 46.7 Å². The van der Waals surface area contributed by atoms with E-state index in [-0.39, 0.29) is 24.8 Å². The zero-order valence-corrected chi connectivity index (χ0v) is 25.3. The highest BCUT2D eigenvalue weighted by atomic mass is 35.5. The largest absolute Gasteiger partial charge is 0.354 e. The molecule has 1 atom stereocenters. The van der Waals surface area contributed by atoms with E-state index in [1.54, 1.807) is 19.1 Å². The standard InChI is InChI=1S/C31H38ClN3O4S/c1-22(2)19-33-31(37)29(17-25-9-7-6-8-10-25)34(20-26-14-11-23(3)12-15-26)30(36)21-35(40(5,38)39)28-18-27(32)16-13-24(28)4/h6-16,18,22,29H,17,19-21H2,1-5H3,(H,33,37)/t29-/m1/s1. The van der Waals surface area contributed by atoms with Crippen molar-refractivity contribution in [3.8, 4) is 0 Å². The first kappa shape index (κ1) is 31.2. The third-order valence-corrected chi connectivity index (χ3v) is 7.91. The van der Waals surface area contributed by atoms with Crippen molar-refractivity contribution in [2.24, 2.45) is 5.92 Å². The number of carbonyl (C=O) groups excluding carboxylic acids is 2. The molecule has 3 rings (SSSR count). The molecule has 0 saturated heterocycles. The number of amides is 2. The quantitative estimate of drug-likeness (QED) is 0.320. The van der Waals surface area contributed by atoms with Crippen LogP contribution < -0.4 is 9.62 Å². The topological polar surface area (TPSA) is 86.8 Å². The van der Waals surface area contributed by atoms with Gasteiger partial charge in [0.25, 0.3) is 0 Å². The zero-order valence-electron chi connectivity index (χ0n) is 23.7. The second-order valence-corrected chi connectivity index (χ2v) is 12.9. The predicted molar refractivity (Wildman–Crippen MR) is 162 cm³/mol. The number of rotatable bonds is 12. The Kier molecular flexibility index (Phi) is 10.8. The number of benzene rings is 3. The van der Waals surface area contributed by atoms with Crippen molar-refractivity contribution in [2.75, 3.05) is 23.7 Å². The van der Waals surface area contributed by atoms with Gasteiger partial charge in [0.05, 0.1) is 11.9 Å². The number of carbonyl (C=O) groups is 2. The van der Waals surface area contributed by atoms with E-state index < -0.39 is 28.5 Å². The Bertz CT molecular complexity index is 1410. The molecule has 9 heteroatoms. The first-order valence-corrected chi connectivity index (χ1v) is 15.5. The summed E-state index contributed by atoms with van der Waals surface area (Å²) >= 11 is 6.20. The summed E-state index contributed by atoms with van der Waals surface area (Å²) in [5.41, 5.74) is 3.76. The fourth-order valence-electron chi connectivity index (χ4n) is 4.31. The maximum Gasteiger partial charge on any atom is 0.244 e. The Labute approximate surface area is 243 Å². The third-order valence-electron chi connectivity index (χ3n) is 6.55. The lowest BCUT2D eigenvalue weighted by atomic mass is 10.0. The Morgan fingerprint density at radius 2 is 1.57 bits per heavy atom. The number of nitrogens with zero attached hydrogens (tertiary/aromatic N) is 2. The second-order valence-electron chi connectivity index (χ2n) is 10.6. The number of nitrogens with one attached hydrogen (secondary N) is 1. The van der Waals surface area contributed by atoms with Gasteiger partial charge in [-0.25, -0.2) is 8.42 Å². The molecule has 2 amide bonds. The van der Waals surface area contributed by atoms with Gasteiger partial charge in [0.2, 0.25) is 21.8 Å². The maximum absolute atomic E-state index is 14.1. The number of hydrogen-bond donors (Lipinski definition) is 1. The molecule has 0 spiro atoms. The van der Waals surface area contributed by atoms with Gasteiger partial charge in [0, 0.05) is 24.5 Å². The number of sulfonamides is 1. The van der Waals surface area contributed by atoms with Crippen molar-refractivity contribution >= 4 is 39.1 Å². The minimum Gasteiger partial charge on any atom is -0.354 e. The molecule has 0 fully saturated rings. The summed E-state index contributed by atoms with van der Waals surface area (Å²) in [7, 11) is -3.86. The van der Waals surface area contributed by atoms with Crippen molar-refractivity contribution in [1.29, 1.82) is 0 Å². The summed E-state index contributed by atoms with van der Waals surface area (Å²) in [6.07, 6.45) is 1.33. The first-order valence-electron chi connectivity index (χ1n) is 13.3. The van der Waals surface area contributed by atoms with Crippen LogP contribution in [0, 0.1) is 19.8 Å². The van der Waals surface area contributed by atoms with E-state index in [0.717, 1.165) is 27.3 Å². The van der Waals surface area contributed by atoms with Crippen LogP contribution in [0.4, 0.5) is 5.69 Å². The van der Waals surface area contributed by atoms with Crippen molar-refractivity contribution < 1.29 is 18.0 Å². The average molecular weight is 584 g/mol. The summed E-state index contributed by atoms with van der Waals surface area (Å²) in [6.45, 7) is 7.84. The summed E-state index contributed by atoms with van der Waals surface area (Å²) in [5.74, 6) is -0.567. The Morgan fingerprint density at radius 1 is 0.925 bits per heavy atom. The Hall–Kier alpha value is -3.36. The minimum atomic E-state index is -3.86. The molecule has 214 valence electrons. The van der Waals surface area contributed by atoms with E-state index in [0.29, 0.717) is 22.8 Å². The SMILES string of the molecule is Cc1ccc(CN(C(=O)CN(c2cc(Cl)ccc2C)S(C)(=O)=O)[C@H](Cc2ccccc2)C(=O)NCC(C)C)cc1. The lowest BCUT2D eigenvalue weighted by Gasteiger charge is -2.34. The third kappa shape index (κ3) is 8.83. The smallest absolute Gasteiger partial charge is 0.244 e. The molecule has 3 aromatic carbocycles. The molecule has 7 nitrogen and oxygen atoms in total. The van der Waals surface area contributed by atoms with Gasteiger partial charge in [-0.1, -0.05) is 91.7 Å². The summed E-state index contributed by atoms with van der Waals surface area (Å²) in [6, 6.07) is 21.3. The van der Waals surface area contributed by atoms with Gasteiger partial charge in [-0.15, -0.1) is 0 Å². The zero-order chi connectivity index (χ0) is 29.4. The second kappa shape index (κ2) is 13.8. The van der Waals surface area contributed by atoms with Gasteiger partial charge in [-0.3, -0.25) is 13.9 Å². The van der Waals surface area contributed by atoms with Crippen molar-refractivity contribution in [3.05, 3.63) is 100 Å². The van der Waals surface area contributed by atoms with Crippen LogP contribution in [0.1, 0.15) is 36.1 Å². The van der Waals surface area contributed by atoms with Gasteiger partial charge >= 0.3 is 0 Å². The fraction of sp³-hybridized carbons (Fsp3) is 0.355. The van der Waals surface area contributed by atoms with Crippen LogP contribution in [0.2, 0.25) is 5.02 Å². The van der Waals surface area contributed by atoms with E-state index in [1.807, 2.05) is 75.4 Å². The highest BCUT2D eigenvalue weighted by Crippen LogP contribution is 2.27. The molecule has 0 unspecified atom stereocenters. The molecule has 3 aromatic rings. The highest BCUT2D eigenvalue weighted by Gasteiger charge is 2.33. The van der Waals surface area contributed by atoms with E-state index in [2.05, 4.69) is 5.32 Å². The molecular formula is C31H38ClN3O4S. The van der Waals surface area contributed by atoms with Crippen LogP contribution in [-0.2, 0) is 32.6 Å². The lowest BCUT2D eigenvalue weighted by Crippen LogP contribution is -2.53. The van der Waals surface area contributed by atoms with Crippen molar-refractivity contribution in [3.63, 3.8) is 0 Å². The molecule has 0 heterocycles. The van der Waals surface area contributed by atoms with Gasteiger partial charge < -0.3 is 10.2 Å². The van der Waals surface area contributed by atoms with Crippen LogP contribution in [0.25, 0.3) is 0 Å². The molecule has 0 aromatic heterocycles. The Morgan fingerprint density at radius 3 is 2.17 bits per heavy atom. The van der Waals surface area contributed by atoms with Crippen LogP contribution >= 0.6 is 11.6 Å². The molecule has 0 aliphatic carbocycles. The van der Waals surface area contributed by atoms with Crippen LogP contribution in [0.15, 0.2) is 72.8 Å². The van der Waals surface area contributed by atoms with Crippen molar-refractivity contribution in [1.82, 2.24) is 10.2 Å². The van der Waals surface area contributed by atoms with E-state index in [9.17, 15) is 18.0 Å². The van der Waals surface area contributed by atoms with Gasteiger partial charge in [0.1, 0.15) is 12.6 Å². The van der Waals surface area contributed by atoms with Gasteiger partial charge in [-0.05, 0) is 48.6 Å². The van der Waals surface area contributed by atoms with E-state index in [1.165, 1.54) is 11.0 Å². The maximum atomic E-state index is 14.1. The molecule has 0 bridgehead atoms. The summed E-state index contributed by atoms with van der Waals surface area (Å²) in [4.78, 5) is 29.3. The molecule has 1 N–H and O–H groups in total. The average Bonchev–Trinajstić information content (AvgIpc) is 2.90. The van der Waals surface area contributed by atoms with E-state index >= 15 is 0 Å². The van der Waals surface area contributed by atoms with Crippen LogP contribution in [-0.4, -0.2) is 50.5 Å². The van der Waals surface area contributed by atoms with Gasteiger partial charge in [0.15, 0.2) is 0 Å². The summed E-state index contributed by atoms with van der Waals surface area (Å²) in [5, 5.41) is 3.34. The van der Waals surface area contributed by atoms with Crippen LogP contribution in [0.5, 0.6) is 0 Å². The van der Waals surface area contributed by atoms with E-state index in [4.69, 9.17) is 11.6 Å². The predicted octanol–water partition coefficient (Wildman–Crippen LogP) is 5.14. The lowest BCUT2D eigenvalue weighted by molar-refractivity contribution is -0.140. The van der Waals surface area contributed by atoms with Gasteiger partial charge in [-0.2, -0.15) is 0 Å². The molecule has 0 radical (unpaired) electrons. The normalized spacial score (nSPS) is 12.2. The first-order chi connectivity index (χ1) is 18.8. The number of halogens is 1.